The van der Waals surface area contributed by atoms with Gasteiger partial charge in [0.25, 0.3) is 0 Å². The summed E-state index contributed by atoms with van der Waals surface area (Å²) in [6.45, 7) is 14.0. The Morgan fingerprint density at radius 1 is 0.944 bits per heavy atom. The molecule has 0 aromatic carbocycles. The van der Waals surface area contributed by atoms with E-state index in [1.165, 1.54) is 0 Å². The van der Waals surface area contributed by atoms with E-state index in [0.717, 1.165) is 0 Å². The zero-order valence-corrected chi connectivity index (χ0v) is 12.4. The first-order valence-corrected chi connectivity index (χ1v) is 6.84. The smallest absolute Gasteiger partial charge is 0.114 e. The maximum absolute atomic E-state index is 6.01. The van der Waals surface area contributed by atoms with Crippen molar-refractivity contribution in [1.29, 1.82) is 0 Å². The number of rotatable bonds is 2. The van der Waals surface area contributed by atoms with Gasteiger partial charge in [-0.25, -0.2) is 0 Å². The lowest BCUT2D eigenvalue weighted by Gasteiger charge is -2.28. The van der Waals surface area contributed by atoms with Gasteiger partial charge in [-0.15, -0.1) is 0 Å². The Morgan fingerprint density at radius 3 is 2.11 bits per heavy atom. The first-order chi connectivity index (χ1) is 8.16. The molecule has 2 heterocycles. The van der Waals surface area contributed by atoms with Crippen molar-refractivity contribution in [3.8, 4) is 0 Å². The monoisotopic (exact) mass is 257 g/mol. The van der Waals surface area contributed by atoms with E-state index >= 15 is 0 Å². The second kappa shape index (κ2) is 4.75. The average molecular weight is 257 g/mol. The van der Waals surface area contributed by atoms with Gasteiger partial charge in [0.05, 0.1) is 24.9 Å². The van der Waals surface area contributed by atoms with Crippen LogP contribution in [0.5, 0.6) is 0 Å². The van der Waals surface area contributed by atoms with Crippen LogP contribution in [0.1, 0.15) is 41.5 Å². The highest BCUT2D eigenvalue weighted by atomic mass is 16.6. The molecule has 2 fully saturated rings. The molecule has 4 heteroatoms. The molecule has 1 N–H and O–H groups in total. The molecule has 0 amide bonds. The van der Waals surface area contributed by atoms with Crippen LogP contribution in [-0.4, -0.2) is 48.7 Å². The van der Waals surface area contributed by atoms with Crippen LogP contribution >= 0.6 is 0 Å². The number of hydrogen-bond donors (Lipinski definition) is 1. The number of nitrogens with one attached hydrogen (secondary N) is 1. The lowest BCUT2D eigenvalue weighted by molar-refractivity contribution is -0.103. The summed E-state index contributed by atoms with van der Waals surface area (Å²) in [6, 6.07) is 0.267. The minimum atomic E-state index is -0.151. The van der Waals surface area contributed by atoms with Crippen LogP contribution in [0.3, 0.4) is 0 Å². The number of fused-ring (bicyclic) bond motifs is 1. The minimum Gasteiger partial charge on any atom is -0.371 e. The van der Waals surface area contributed by atoms with Gasteiger partial charge in [0, 0.05) is 5.54 Å². The summed E-state index contributed by atoms with van der Waals surface area (Å²) in [5.41, 5.74) is -0.0724. The normalized spacial score (nSPS) is 37.0. The third-order valence-electron chi connectivity index (χ3n) is 3.13. The molecule has 0 saturated carbocycles. The minimum absolute atomic E-state index is 0.0572. The second-order valence-corrected chi connectivity index (χ2v) is 7.37. The third kappa shape index (κ3) is 3.44. The molecule has 0 bridgehead atoms. The van der Waals surface area contributed by atoms with E-state index in [1.54, 1.807) is 0 Å². The third-order valence-corrected chi connectivity index (χ3v) is 3.13. The van der Waals surface area contributed by atoms with Crippen molar-refractivity contribution in [3.05, 3.63) is 0 Å². The molecule has 2 saturated heterocycles. The zero-order chi connectivity index (χ0) is 13.6. The topological polar surface area (TPSA) is 39.7 Å². The molecular formula is C14H27NO3. The van der Waals surface area contributed by atoms with Gasteiger partial charge in [0.2, 0.25) is 0 Å². The van der Waals surface area contributed by atoms with E-state index < -0.39 is 0 Å². The van der Waals surface area contributed by atoms with Crippen molar-refractivity contribution in [2.75, 3.05) is 13.2 Å². The van der Waals surface area contributed by atoms with Crippen molar-refractivity contribution in [3.63, 3.8) is 0 Å². The molecular weight excluding hydrogens is 230 g/mol. The fraction of sp³-hybridized carbons (Fsp3) is 1.00. The van der Waals surface area contributed by atoms with E-state index in [9.17, 15) is 0 Å². The van der Waals surface area contributed by atoms with Gasteiger partial charge in [-0.1, -0.05) is 0 Å². The van der Waals surface area contributed by atoms with Gasteiger partial charge in [0.1, 0.15) is 18.3 Å². The lowest BCUT2D eigenvalue weighted by Crippen LogP contribution is -2.50. The van der Waals surface area contributed by atoms with E-state index in [-0.39, 0.29) is 35.5 Å². The van der Waals surface area contributed by atoms with Crippen LogP contribution < -0.4 is 5.32 Å². The van der Waals surface area contributed by atoms with Crippen molar-refractivity contribution >= 4 is 0 Å². The van der Waals surface area contributed by atoms with E-state index in [4.69, 9.17) is 14.2 Å². The molecule has 2 aliphatic heterocycles. The Balaban J connectivity index is 1.95. The Bertz CT molecular complexity index is 262. The van der Waals surface area contributed by atoms with Crippen LogP contribution in [0.2, 0.25) is 0 Å². The zero-order valence-electron chi connectivity index (χ0n) is 12.4. The molecule has 2 aliphatic rings. The SMILES string of the molecule is CC(C)(C)N[C@@H]1CO[C@H]2[C@@H]1OC[C@H]2OC(C)(C)C. The molecule has 0 aliphatic carbocycles. The first kappa shape index (κ1) is 14.3. The first-order valence-electron chi connectivity index (χ1n) is 6.84. The van der Waals surface area contributed by atoms with Crippen LogP contribution in [0, 0.1) is 0 Å². The quantitative estimate of drug-likeness (QED) is 0.818. The number of hydrogen-bond acceptors (Lipinski definition) is 4. The molecule has 4 atom stereocenters. The molecule has 106 valence electrons. The van der Waals surface area contributed by atoms with E-state index in [1.807, 2.05) is 0 Å². The van der Waals surface area contributed by atoms with Crippen LogP contribution in [0.25, 0.3) is 0 Å². The molecule has 0 aromatic rings. The van der Waals surface area contributed by atoms with Gasteiger partial charge < -0.3 is 19.5 Å². The van der Waals surface area contributed by atoms with Gasteiger partial charge >= 0.3 is 0 Å². The standard InChI is InChI=1S/C14H27NO3/c1-13(2,3)15-9-7-16-12-10(8-17-11(9)12)18-14(4,5)6/h9-12,15H,7-8H2,1-6H3/t9-,10-,11-,12-/m1/s1. The largest absolute Gasteiger partial charge is 0.371 e. The maximum atomic E-state index is 6.01. The molecule has 0 aromatic heterocycles. The van der Waals surface area contributed by atoms with Crippen LogP contribution in [0.15, 0.2) is 0 Å². The van der Waals surface area contributed by atoms with Crippen LogP contribution in [-0.2, 0) is 14.2 Å². The van der Waals surface area contributed by atoms with Gasteiger partial charge in [-0.3, -0.25) is 0 Å². The highest BCUT2D eigenvalue weighted by Crippen LogP contribution is 2.31. The van der Waals surface area contributed by atoms with Crippen molar-refractivity contribution in [2.24, 2.45) is 0 Å². The Kier molecular flexibility index (Phi) is 3.76. The molecule has 2 rings (SSSR count). The Hall–Kier alpha value is -0.160. The summed E-state index contributed by atoms with van der Waals surface area (Å²) in [5.74, 6) is 0. The summed E-state index contributed by atoms with van der Waals surface area (Å²) in [5, 5.41) is 3.57. The predicted octanol–water partition coefficient (Wildman–Crippen LogP) is 1.72. The average Bonchev–Trinajstić information content (AvgIpc) is 2.66. The van der Waals surface area contributed by atoms with Gasteiger partial charge in [-0.2, -0.15) is 0 Å². The predicted molar refractivity (Wildman–Crippen MR) is 70.8 cm³/mol. The summed E-state index contributed by atoms with van der Waals surface area (Å²) < 4.78 is 17.8. The number of ether oxygens (including phenoxy) is 3. The highest BCUT2D eigenvalue weighted by molar-refractivity contribution is 5.00. The summed E-state index contributed by atoms with van der Waals surface area (Å²) in [6.07, 6.45) is 0.252. The summed E-state index contributed by atoms with van der Waals surface area (Å²) in [4.78, 5) is 0. The Labute approximate surface area is 110 Å². The lowest BCUT2D eigenvalue weighted by atomic mass is 10.0. The molecule has 0 unspecified atom stereocenters. The maximum Gasteiger partial charge on any atom is 0.114 e. The second-order valence-electron chi connectivity index (χ2n) is 7.37. The van der Waals surface area contributed by atoms with Crippen molar-refractivity contribution in [1.82, 2.24) is 5.32 Å². The highest BCUT2D eigenvalue weighted by Gasteiger charge is 2.49. The van der Waals surface area contributed by atoms with E-state index in [0.29, 0.717) is 13.2 Å². The summed E-state index contributed by atoms with van der Waals surface area (Å²) in [7, 11) is 0. The van der Waals surface area contributed by atoms with E-state index in [2.05, 4.69) is 46.9 Å². The molecule has 18 heavy (non-hydrogen) atoms. The van der Waals surface area contributed by atoms with Crippen molar-refractivity contribution in [2.45, 2.75) is 77.0 Å². The molecule has 0 radical (unpaired) electrons. The Morgan fingerprint density at radius 2 is 1.56 bits per heavy atom. The van der Waals surface area contributed by atoms with Crippen LogP contribution in [0.4, 0.5) is 0 Å². The van der Waals surface area contributed by atoms with Gasteiger partial charge in [-0.05, 0) is 41.5 Å². The van der Waals surface area contributed by atoms with Gasteiger partial charge in [0.15, 0.2) is 0 Å². The van der Waals surface area contributed by atoms with Crippen molar-refractivity contribution < 1.29 is 14.2 Å². The molecule has 0 spiro atoms. The molecule has 4 nitrogen and oxygen atoms in total. The summed E-state index contributed by atoms with van der Waals surface area (Å²) >= 11 is 0. The fourth-order valence-corrected chi connectivity index (χ4v) is 2.70. The fourth-order valence-electron chi connectivity index (χ4n) is 2.70.